The van der Waals surface area contributed by atoms with E-state index in [4.69, 9.17) is 0 Å². The van der Waals surface area contributed by atoms with Gasteiger partial charge in [0.15, 0.2) is 11.6 Å². The maximum atomic E-state index is 13.2. The zero-order chi connectivity index (χ0) is 13.6. The number of carbonyl (C=O) groups is 2. The van der Waals surface area contributed by atoms with Gasteiger partial charge in [-0.2, -0.15) is 0 Å². The summed E-state index contributed by atoms with van der Waals surface area (Å²) in [4.78, 5) is 25.1. The molecule has 1 saturated carbocycles. The third-order valence-corrected chi connectivity index (χ3v) is 3.46. The van der Waals surface area contributed by atoms with Crippen molar-refractivity contribution < 1.29 is 18.4 Å². The Bertz CT molecular complexity index is 558. The molecule has 1 aromatic rings. The third-order valence-electron chi connectivity index (χ3n) is 3.46. The SMILES string of the molecule is O=C1CN(c2ccc(F)c(F)c2)C(=O)C(C2CC2)N1. The van der Waals surface area contributed by atoms with Crippen molar-refractivity contribution in [2.24, 2.45) is 5.92 Å². The van der Waals surface area contributed by atoms with Crippen LogP contribution in [0.4, 0.5) is 14.5 Å². The van der Waals surface area contributed by atoms with Crippen molar-refractivity contribution in [2.75, 3.05) is 11.4 Å². The fraction of sp³-hybridized carbons (Fsp3) is 0.385. The number of nitrogens with zero attached hydrogens (tertiary/aromatic N) is 1. The highest BCUT2D eigenvalue weighted by atomic mass is 19.2. The van der Waals surface area contributed by atoms with Crippen LogP contribution in [0.15, 0.2) is 18.2 Å². The van der Waals surface area contributed by atoms with Gasteiger partial charge in [-0.3, -0.25) is 9.59 Å². The second-order valence-corrected chi connectivity index (χ2v) is 4.91. The molecule has 0 spiro atoms. The van der Waals surface area contributed by atoms with E-state index in [1.165, 1.54) is 11.0 Å². The second-order valence-electron chi connectivity index (χ2n) is 4.91. The zero-order valence-corrected chi connectivity index (χ0v) is 10.0. The van der Waals surface area contributed by atoms with Gasteiger partial charge in [0.2, 0.25) is 11.8 Å². The highest BCUT2D eigenvalue weighted by Gasteiger charge is 2.43. The first-order valence-electron chi connectivity index (χ1n) is 6.12. The Balaban J connectivity index is 1.91. The first kappa shape index (κ1) is 12.1. The lowest BCUT2D eigenvalue weighted by Gasteiger charge is -2.32. The molecule has 19 heavy (non-hydrogen) atoms. The summed E-state index contributed by atoms with van der Waals surface area (Å²) in [5, 5.41) is 2.66. The van der Waals surface area contributed by atoms with Crippen molar-refractivity contribution in [1.29, 1.82) is 0 Å². The van der Waals surface area contributed by atoms with Crippen LogP contribution in [0.3, 0.4) is 0 Å². The maximum absolute atomic E-state index is 13.2. The standard InChI is InChI=1S/C13H12F2N2O2/c14-9-4-3-8(5-10(9)15)17-6-11(18)16-12(13(17)19)7-1-2-7/h3-5,7,12H,1-2,6H2,(H,16,18). The first-order valence-corrected chi connectivity index (χ1v) is 6.12. The average Bonchev–Trinajstić information content (AvgIpc) is 3.19. The fourth-order valence-electron chi connectivity index (χ4n) is 2.29. The van der Waals surface area contributed by atoms with Crippen molar-refractivity contribution in [3.8, 4) is 0 Å². The summed E-state index contributed by atoms with van der Waals surface area (Å²) in [5.74, 6) is -2.37. The molecule has 0 bridgehead atoms. The summed E-state index contributed by atoms with van der Waals surface area (Å²) in [7, 11) is 0. The largest absolute Gasteiger partial charge is 0.342 e. The van der Waals surface area contributed by atoms with E-state index in [1.54, 1.807) is 0 Å². The predicted molar refractivity (Wildman–Crippen MR) is 63.4 cm³/mol. The van der Waals surface area contributed by atoms with Crippen LogP contribution >= 0.6 is 0 Å². The Morgan fingerprint density at radius 3 is 2.53 bits per heavy atom. The molecular formula is C13H12F2N2O2. The normalized spacial score (nSPS) is 23.5. The summed E-state index contributed by atoms with van der Waals surface area (Å²) < 4.78 is 26.1. The van der Waals surface area contributed by atoms with E-state index in [0.717, 1.165) is 25.0 Å². The molecule has 0 aromatic heterocycles. The number of amides is 2. The minimum absolute atomic E-state index is 0.160. The smallest absolute Gasteiger partial charge is 0.250 e. The van der Waals surface area contributed by atoms with Crippen LogP contribution in [0.2, 0.25) is 0 Å². The summed E-state index contributed by atoms with van der Waals surface area (Å²) in [6.07, 6.45) is 1.81. The molecule has 1 aliphatic heterocycles. The molecule has 2 fully saturated rings. The van der Waals surface area contributed by atoms with Gasteiger partial charge in [0.05, 0.1) is 0 Å². The van der Waals surface area contributed by atoms with E-state index < -0.39 is 17.7 Å². The summed E-state index contributed by atoms with van der Waals surface area (Å²) in [6.45, 7) is -0.160. The Morgan fingerprint density at radius 2 is 1.89 bits per heavy atom. The Morgan fingerprint density at radius 1 is 1.16 bits per heavy atom. The van der Waals surface area contributed by atoms with E-state index in [1.807, 2.05) is 0 Å². The zero-order valence-electron chi connectivity index (χ0n) is 10.0. The number of hydrogen-bond donors (Lipinski definition) is 1. The van der Waals surface area contributed by atoms with E-state index in [9.17, 15) is 18.4 Å². The molecule has 1 unspecified atom stereocenters. The number of benzene rings is 1. The van der Waals surface area contributed by atoms with E-state index >= 15 is 0 Å². The van der Waals surface area contributed by atoms with Gasteiger partial charge in [0.1, 0.15) is 12.6 Å². The number of hydrogen-bond acceptors (Lipinski definition) is 2. The lowest BCUT2D eigenvalue weighted by molar-refractivity contribution is -0.131. The van der Waals surface area contributed by atoms with Crippen LogP contribution in [-0.2, 0) is 9.59 Å². The highest BCUT2D eigenvalue weighted by molar-refractivity contribution is 6.06. The molecule has 0 radical (unpaired) electrons. The van der Waals surface area contributed by atoms with Crippen molar-refractivity contribution in [2.45, 2.75) is 18.9 Å². The van der Waals surface area contributed by atoms with E-state index in [2.05, 4.69) is 5.32 Å². The molecular weight excluding hydrogens is 254 g/mol. The van der Waals surface area contributed by atoms with E-state index in [0.29, 0.717) is 0 Å². The van der Waals surface area contributed by atoms with E-state index in [-0.39, 0.29) is 30.0 Å². The fourth-order valence-corrected chi connectivity index (χ4v) is 2.29. The molecule has 4 nitrogen and oxygen atoms in total. The minimum Gasteiger partial charge on any atom is -0.342 e. The van der Waals surface area contributed by atoms with Gasteiger partial charge in [-0.15, -0.1) is 0 Å². The quantitative estimate of drug-likeness (QED) is 0.874. The molecule has 1 aromatic carbocycles. The van der Waals surface area contributed by atoms with Gasteiger partial charge >= 0.3 is 0 Å². The van der Waals surface area contributed by atoms with Gasteiger partial charge in [-0.25, -0.2) is 8.78 Å². The number of anilines is 1. The van der Waals surface area contributed by atoms with Crippen molar-refractivity contribution in [1.82, 2.24) is 5.32 Å². The maximum Gasteiger partial charge on any atom is 0.250 e. The molecule has 1 saturated heterocycles. The van der Waals surface area contributed by atoms with Crippen molar-refractivity contribution >= 4 is 17.5 Å². The summed E-state index contributed by atoms with van der Waals surface area (Å²) in [5.41, 5.74) is 0.212. The predicted octanol–water partition coefficient (Wildman–Crippen LogP) is 1.21. The lowest BCUT2D eigenvalue weighted by Crippen LogP contribution is -2.59. The number of carbonyl (C=O) groups excluding carboxylic acids is 2. The van der Waals surface area contributed by atoms with Crippen LogP contribution in [0.5, 0.6) is 0 Å². The number of halogens is 2. The lowest BCUT2D eigenvalue weighted by atomic mass is 10.1. The van der Waals surface area contributed by atoms with Crippen LogP contribution in [-0.4, -0.2) is 24.4 Å². The molecule has 2 aliphatic rings. The van der Waals surface area contributed by atoms with Gasteiger partial charge in [0.25, 0.3) is 0 Å². The minimum atomic E-state index is -1.03. The average molecular weight is 266 g/mol. The van der Waals surface area contributed by atoms with Crippen LogP contribution < -0.4 is 10.2 Å². The van der Waals surface area contributed by atoms with Gasteiger partial charge in [-0.1, -0.05) is 0 Å². The molecule has 1 atom stereocenters. The molecule has 1 aliphatic carbocycles. The number of nitrogens with one attached hydrogen (secondary N) is 1. The molecule has 1 N–H and O–H groups in total. The van der Waals surface area contributed by atoms with Crippen LogP contribution in [0.25, 0.3) is 0 Å². The first-order chi connectivity index (χ1) is 9.06. The molecule has 2 amide bonds. The van der Waals surface area contributed by atoms with Crippen molar-refractivity contribution in [3.63, 3.8) is 0 Å². The third kappa shape index (κ3) is 2.18. The second kappa shape index (κ2) is 4.29. The van der Waals surface area contributed by atoms with Gasteiger partial charge in [-0.05, 0) is 30.9 Å². The molecule has 1 heterocycles. The Labute approximate surface area is 108 Å². The monoisotopic (exact) mass is 266 g/mol. The highest BCUT2D eigenvalue weighted by Crippen LogP contribution is 2.35. The molecule has 3 rings (SSSR count). The van der Waals surface area contributed by atoms with Crippen LogP contribution in [0, 0.1) is 17.6 Å². The Hall–Kier alpha value is -1.98. The Kier molecular flexibility index (Phi) is 2.73. The number of rotatable bonds is 2. The van der Waals surface area contributed by atoms with Crippen LogP contribution in [0.1, 0.15) is 12.8 Å². The van der Waals surface area contributed by atoms with Gasteiger partial charge < -0.3 is 10.2 Å². The summed E-state index contributed by atoms with van der Waals surface area (Å²) in [6, 6.07) is 2.67. The topological polar surface area (TPSA) is 49.4 Å². The van der Waals surface area contributed by atoms with Crippen molar-refractivity contribution in [3.05, 3.63) is 29.8 Å². The van der Waals surface area contributed by atoms with Gasteiger partial charge in [0, 0.05) is 11.8 Å². The number of piperazine rings is 1. The molecule has 100 valence electrons. The molecule has 6 heteroatoms. The summed E-state index contributed by atoms with van der Waals surface area (Å²) >= 11 is 0.